The predicted octanol–water partition coefficient (Wildman–Crippen LogP) is 5.05. The third kappa shape index (κ3) is 4.83. The Kier molecular flexibility index (Phi) is 6.73. The molecular formula is C23H19Cl2N3O4S2. The predicted molar refractivity (Wildman–Crippen MR) is 138 cm³/mol. The van der Waals surface area contributed by atoms with Gasteiger partial charge in [-0.05, 0) is 55.5 Å². The van der Waals surface area contributed by atoms with Gasteiger partial charge < -0.3 is 9.88 Å². The molecule has 0 unspecified atom stereocenters. The SMILES string of the molecule is Cc1ccc(S(=O)(=O)N(CC(=O)Nc2ccc3c(c2)sc(=O)n3C)c2ccc(Cl)c(Cl)c2)cc1. The van der Waals surface area contributed by atoms with E-state index in [-0.39, 0.29) is 25.5 Å². The molecule has 0 saturated heterocycles. The van der Waals surface area contributed by atoms with E-state index < -0.39 is 22.5 Å². The normalized spacial score (nSPS) is 11.5. The average molecular weight is 536 g/mol. The number of sulfonamides is 1. The summed E-state index contributed by atoms with van der Waals surface area (Å²) in [6.45, 7) is 1.35. The third-order valence-corrected chi connectivity index (χ3v) is 8.69. The van der Waals surface area contributed by atoms with Crippen LogP contribution in [-0.2, 0) is 21.9 Å². The maximum Gasteiger partial charge on any atom is 0.307 e. The lowest BCUT2D eigenvalue weighted by Gasteiger charge is -2.24. The first-order chi connectivity index (χ1) is 16.1. The molecular weight excluding hydrogens is 517 g/mol. The highest BCUT2D eigenvalue weighted by Crippen LogP contribution is 2.31. The first kappa shape index (κ1) is 24.3. The number of nitrogens with one attached hydrogen (secondary N) is 1. The summed E-state index contributed by atoms with van der Waals surface area (Å²) in [7, 11) is -2.43. The van der Waals surface area contributed by atoms with Crippen molar-refractivity contribution in [1.82, 2.24) is 4.57 Å². The number of fused-ring (bicyclic) bond motifs is 1. The number of carbonyl (C=O) groups is 1. The molecule has 0 spiro atoms. The Morgan fingerprint density at radius 2 is 1.74 bits per heavy atom. The van der Waals surface area contributed by atoms with Gasteiger partial charge in [0.2, 0.25) is 5.91 Å². The summed E-state index contributed by atoms with van der Waals surface area (Å²) in [5.74, 6) is -0.565. The second-order valence-corrected chi connectivity index (χ2v) is 11.3. The molecule has 7 nitrogen and oxygen atoms in total. The number of aryl methyl sites for hydroxylation is 2. The number of halogens is 2. The number of carbonyl (C=O) groups excluding carboxylic acids is 1. The van der Waals surface area contributed by atoms with Crippen LogP contribution in [-0.4, -0.2) is 25.4 Å². The molecule has 0 radical (unpaired) electrons. The van der Waals surface area contributed by atoms with Gasteiger partial charge in [0, 0.05) is 12.7 Å². The van der Waals surface area contributed by atoms with Gasteiger partial charge in [-0.3, -0.25) is 13.9 Å². The van der Waals surface area contributed by atoms with E-state index in [1.165, 1.54) is 34.9 Å². The topological polar surface area (TPSA) is 88.5 Å². The van der Waals surface area contributed by atoms with Crippen molar-refractivity contribution in [1.29, 1.82) is 0 Å². The van der Waals surface area contributed by atoms with Crippen LogP contribution in [0.4, 0.5) is 11.4 Å². The van der Waals surface area contributed by atoms with Crippen LogP contribution in [0.2, 0.25) is 10.0 Å². The van der Waals surface area contributed by atoms with Crippen molar-refractivity contribution >= 4 is 72.1 Å². The van der Waals surface area contributed by atoms with E-state index in [0.29, 0.717) is 10.4 Å². The fourth-order valence-electron chi connectivity index (χ4n) is 3.34. The third-order valence-electron chi connectivity index (χ3n) is 5.16. The van der Waals surface area contributed by atoms with Gasteiger partial charge in [-0.25, -0.2) is 8.42 Å². The molecule has 0 aliphatic heterocycles. The minimum Gasteiger partial charge on any atom is -0.324 e. The Labute approximate surface area is 210 Å². The highest BCUT2D eigenvalue weighted by atomic mass is 35.5. The number of rotatable bonds is 6. The van der Waals surface area contributed by atoms with Crippen LogP contribution in [0.25, 0.3) is 10.2 Å². The van der Waals surface area contributed by atoms with Crippen LogP contribution >= 0.6 is 34.5 Å². The molecule has 0 bridgehead atoms. The van der Waals surface area contributed by atoms with Crippen molar-refractivity contribution in [2.45, 2.75) is 11.8 Å². The van der Waals surface area contributed by atoms with Crippen LogP contribution in [0, 0.1) is 6.92 Å². The van der Waals surface area contributed by atoms with E-state index in [0.717, 1.165) is 26.7 Å². The van der Waals surface area contributed by atoms with E-state index in [2.05, 4.69) is 5.32 Å². The zero-order valence-corrected chi connectivity index (χ0v) is 21.2. The van der Waals surface area contributed by atoms with Gasteiger partial charge in [0.05, 0.1) is 30.8 Å². The van der Waals surface area contributed by atoms with Gasteiger partial charge in [-0.1, -0.05) is 52.2 Å². The van der Waals surface area contributed by atoms with Crippen LogP contribution in [0.1, 0.15) is 5.56 Å². The zero-order valence-electron chi connectivity index (χ0n) is 18.1. The molecule has 0 atom stereocenters. The molecule has 3 aromatic carbocycles. The lowest BCUT2D eigenvalue weighted by atomic mass is 10.2. The number of benzene rings is 3. The maximum absolute atomic E-state index is 13.5. The second kappa shape index (κ2) is 9.42. The number of hydrogen-bond donors (Lipinski definition) is 1. The summed E-state index contributed by atoms with van der Waals surface area (Å²) in [5, 5.41) is 3.14. The molecule has 1 N–H and O–H groups in total. The van der Waals surface area contributed by atoms with Crippen LogP contribution in [0.3, 0.4) is 0 Å². The number of aromatic nitrogens is 1. The molecule has 4 rings (SSSR count). The van der Waals surface area contributed by atoms with Crippen LogP contribution in [0.15, 0.2) is 70.4 Å². The van der Waals surface area contributed by atoms with Crippen molar-refractivity contribution in [2.24, 2.45) is 7.05 Å². The van der Waals surface area contributed by atoms with Gasteiger partial charge in [0.25, 0.3) is 10.0 Å². The van der Waals surface area contributed by atoms with Crippen molar-refractivity contribution in [3.63, 3.8) is 0 Å². The van der Waals surface area contributed by atoms with Crippen molar-refractivity contribution in [2.75, 3.05) is 16.2 Å². The van der Waals surface area contributed by atoms with E-state index in [4.69, 9.17) is 23.2 Å². The van der Waals surface area contributed by atoms with Gasteiger partial charge in [-0.15, -0.1) is 0 Å². The average Bonchev–Trinajstić information content (AvgIpc) is 3.07. The van der Waals surface area contributed by atoms with Gasteiger partial charge in [0.1, 0.15) is 6.54 Å². The summed E-state index contributed by atoms with van der Waals surface area (Å²) in [4.78, 5) is 24.8. The lowest BCUT2D eigenvalue weighted by Crippen LogP contribution is -2.38. The first-order valence-corrected chi connectivity index (χ1v) is 13.0. The molecule has 176 valence electrons. The quantitative estimate of drug-likeness (QED) is 0.374. The van der Waals surface area contributed by atoms with Gasteiger partial charge in [0.15, 0.2) is 0 Å². The van der Waals surface area contributed by atoms with Crippen LogP contribution < -0.4 is 14.5 Å². The molecule has 1 aromatic heterocycles. The number of thiazole rings is 1. The highest BCUT2D eigenvalue weighted by Gasteiger charge is 2.28. The molecule has 11 heteroatoms. The Balaban J connectivity index is 1.67. The standard InChI is InChI=1S/C23H19Cl2N3O4S2/c1-14-3-7-17(8-4-14)34(31,32)28(16-6-9-18(24)19(25)12-16)13-22(29)26-15-5-10-20-21(11-15)33-23(30)27(20)2/h3-12H,13H2,1-2H3,(H,26,29). The fourth-order valence-corrected chi connectivity index (χ4v) is 5.96. The Hall–Kier alpha value is -2.85. The number of nitrogens with zero attached hydrogens (tertiary/aromatic N) is 2. The highest BCUT2D eigenvalue weighted by molar-refractivity contribution is 7.92. The van der Waals surface area contributed by atoms with Crippen molar-refractivity contribution < 1.29 is 13.2 Å². The van der Waals surface area contributed by atoms with E-state index in [1.807, 2.05) is 6.92 Å². The molecule has 1 amide bonds. The molecule has 4 aromatic rings. The van der Waals surface area contributed by atoms with Gasteiger partial charge >= 0.3 is 4.87 Å². The second-order valence-electron chi connectivity index (χ2n) is 7.58. The summed E-state index contributed by atoms with van der Waals surface area (Å²) in [6.07, 6.45) is 0. The Bertz CT molecular complexity index is 1560. The summed E-state index contributed by atoms with van der Waals surface area (Å²) in [5.41, 5.74) is 2.28. The minimum absolute atomic E-state index is 0.0347. The molecule has 34 heavy (non-hydrogen) atoms. The molecule has 0 fully saturated rings. The summed E-state index contributed by atoms with van der Waals surface area (Å²) in [6, 6.07) is 15.7. The van der Waals surface area contributed by atoms with E-state index in [1.54, 1.807) is 37.4 Å². The molecule has 0 aliphatic carbocycles. The smallest absolute Gasteiger partial charge is 0.307 e. The number of anilines is 2. The first-order valence-electron chi connectivity index (χ1n) is 10.00. The number of amides is 1. The minimum atomic E-state index is -4.10. The monoisotopic (exact) mass is 535 g/mol. The lowest BCUT2D eigenvalue weighted by molar-refractivity contribution is -0.114. The largest absolute Gasteiger partial charge is 0.324 e. The number of hydrogen-bond acceptors (Lipinski definition) is 5. The van der Waals surface area contributed by atoms with Crippen LogP contribution in [0.5, 0.6) is 0 Å². The Morgan fingerprint density at radius 3 is 2.41 bits per heavy atom. The van der Waals surface area contributed by atoms with Crippen molar-refractivity contribution in [3.05, 3.63) is 85.9 Å². The molecule has 1 heterocycles. The summed E-state index contributed by atoms with van der Waals surface area (Å²) >= 11 is 13.2. The van der Waals surface area contributed by atoms with Crippen molar-refractivity contribution in [3.8, 4) is 0 Å². The Morgan fingerprint density at radius 1 is 1.03 bits per heavy atom. The fraction of sp³-hybridized carbons (Fsp3) is 0.130. The summed E-state index contributed by atoms with van der Waals surface area (Å²) < 4.78 is 30.2. The molecule has 0 aliphatic rings. The maximum atomic E-state index is 13.5. The van der Waals surface area contributed by atoms with E-state index >= 15 is 0 Å². The van der Waals surface area contributed by atoms with Gasteiger partial charge in [-0.2, -0.15) is 0 Å². The van der Waals surface area contributed by atoms with E-state index in [9.17, 15) is 18.0 Å². The zero-order chi connectivity index (χ0) is 24.6. The molecule has 0 saturated carbocycles.